The van der Waals surface area contributed by atoms with Gasteiger partial charge in [0.2, 0.25) is 0 Å². The summed E-state index contributed by atoms with van der Waals surface area (Å²) in [4.78, 5) is 20.6. The van der Waals surface area contributed by atoms with E-state index in [0.29, 0.717) is 0 Å². The third kappa shape index (κ3) is 3.75. The monoisotopic (exact) mass is 367 g/mol. The van der Waals surface area contributed by atoms with Crippen LogP contribution in [-0.4, -0.2) is 42.2 Å². The molecule has 1 fully saturated rings. The summed E-state index contributed by atoms with van der Waals surface area (Å²) in [6.45, 7) is 4.67. The second-order valence-corrected chi connectivity index (χ2v) is 7.25. The van der Waals surface area contributed by atoms with Gasteiger partial charge in [0.05, 0.1) is 11.7 Å². The van der Waals surface area contributed by atoms with Crippen molar-refractivity contribution >= 4 is 17.7 Å². The number of carbonyl (C=O) groups is 1. The molecule has 0 aromatic heterocycles. The zero-order valence-corrected chi connectivity index (χ0v) is 15.4. The van der Waals surface area contributed by atoms with Gasteiger partial charge in [0.25, 0.3) is 0 Å². The van der Waals surface area contributed by atoms with Gasteiger partial charge in [-0.3, -0.25) is 9.80 Å². The van der Waals surface area contributed by atoms with Gasteiger partial charge in [-0.15, -0.1) is 0 Å². The number of nitrogens with two attached hydrogens (primary N) is 2. The van der Waals surface area contributed by atoms with Crippen molar-refractivity contribution in [3.8, 4) is 0 Å². The summed E-state index contributed by atoms with van der Waals surface area (Å²) in [5.74, 6) is 0.157. The molecule has 0 saturated carbocycles. The fraction of sp³-hybridized carbons (Fsp3) is 0.368. The predicted octanol–water partition coefficient (Wildman–Crippen LogP) is 0.781. The molecule has 3 aliphatic rings. The van der Waals surface area contributed by atoms with Gasteiger partial charge in [0, 0.05) is 37.1 Å². The van der Waals surface area contributed by atoms with Crippen molar-refractivity contribution in [2.45, 2.75) is 32.1 Å². The normalized spacial score (nSPS) is 24.6. The van der Waals surface area contributed by atoms with Gasteiger partial charge in [0.1, 0.15) is 6.17 Å². The quantitative estimate of drug-likeness (QED) is 0.464. The maximum Gasteiger partial charge on any atom is 0.327 e. The van der Waals surface area contributed by atoms with Gasteiger partial charge in [-0.1, -0.05) is 12.1 Å². The minimum absolute atomic E-state index is 0.124. The highest BCUT2D eigenvalue weighted by atomic mass is 16.2. The Balaban J connectivity index is 1.42. The third-order valence-corrected chi connectivity index (χ3v) is 5.05. The number of anilines is 1. The van der Waals surface area contributed by atoms with Gasteiger partial charge in [-0.05, 0) is 37.1 Å². The van der Waals surface area contributed by atoms with Crippen LogP contribution in [0.5, 0.6) is 0 Å². The Morgan fingerprint density at radius 2 is 2.04 bits per heavy atom. The van der Waals surface area contributed by atoms with Crippen LogP contribution in [0, 0.1) is 0 Å². The van der Waals surface area contributed by atoms with E-state index in [-0.39, 0.29) is 24.2 Å². The molecule has 142 valence electrons. The number of benzene rings is 1. The fourth-order valence-corrected chi connectivity index (χ4v) is 3.80. The van der Waals surface area contributed by atoms with E-state index in [4.69, 9.17) is 11.5 Å². The Hall–Kier alpha value is -3.00. The lowest BCUT2D eigenvalue weighted by molar-refractivity contribution is 0.243. The lowest BCUT2D eigenvalue weighted by Crippen LogP contribution is -2.51. The van der Waals surface area contributed by atoms with Crippen molar-refractivity contribution in [3.05, 3.63) is 53.4 Å². The number of likely N-dealkylation sites (tertiary alicyclic amines) is 1. The maximum atomic E-state index is 12.4. The Morgan fingerprint density at radius 1 is 1.26 bits per heavy atom. The van der Waals surface area contributed by atoms with E-state index in [1.54, 1.807) is 4.90 Å². The zero-order chi connectivity index (χ0) is 19.0. The molecule has 8 heteroatoms. The van der Waals surface area contributed by atoms with E-state index in [9.17, 15) is 4.79 Å². The molecule has 27 heavy (non-hydrogen) atoms. The molecule has 2 atom stereocenters. The molecule has 6 N–H and O–H groups in total. The summed E-state index contributed by atoms with van der Waals surface area (Å²) in [5, 5.41) is 6.19. The van der Waals surface area contributed by atoms with Crippen LogP contribution in [0.1, 0.15) is 18.9 Å². The lowest BCUT2D eigenvalue weighted by atomic mass is 10.1. The van der Waals surface area contributed by atoms with Crippen molar-refractivity contribution in [2.24, 2.45) is 16.5 Å². The van der Waals surface area contributed by atoms with Crippen molar-refractivity contribution < 1.29 is 4.79 Å². The molecule has 8 nitrogen and oxygen atoms in total. The molecule has 0 spiro atoms. The van der Waals surface area contributed by atoms with Gasteiger partial charge in [-0.25, -0.2) is 9.79 Å². The highest BCUT2D eigenvalue weighted by Crippen LogP contribution is 2.25. The minimum Gasteiger partial charge on any atom is -0.370 e. The van der Waals surface area contributed by atoms with Crippen LogP contribution in [-0.2, 0) is 6.54 Å². The van der Waals surface area contributed by atoms with Crippen LogP contribution in [0.15, 0.2) is 52.8 Å². The summed E-state index contributed by atoms with van der Waals surface area (Å²) in [6, 6.07) is 8.14. The predicted molar refractivity (Wildman–Crippen MR) is 106 cm³/mol. The molecule has 3 heterocycles. The Bertz CT molecular complexity index is 823. The molecular formula is C19H25N7O. The second-order valence-electron chi connectivity index (χ2n) is 7.25. The van der Waals surface area contributed by atoms with Gasteiger partial charge >= 0.3 is 6.03 Å². The average Bonchev–Trinajstić information content (AvgIpc) is 3.19. The van der Waals surface area contributed by atoms with Gasteiger partial charge in [-0.2, -0.15) is 0 Å². The van der Waals surface area contributed by atoms with E-state index in [2.05, 4.69) is 32.7 Å². The van der Waals surface area contributed by atoms with E-state index in [1.807, 2.05) is 31.3 Å². The summed E-state index contributed by atoms with van der Waals surface area (Å²) in [6.07, 6.45) is 4.79. The number of nitrogens with zero attached hydrogens (tertiary/aromatic N) is 3. The number of amides is 2. The van der Waals surface area contributed by atoms with E-state index < -0.39 is 0 Å². The van der Waals surface area contributed by atoms with Crippen molar-refractivity contribution in [1.29, 1.82) is 0 Å². The molecule has 4 rings (SSSR count). The molecule has 0 bridgehead atoms. The standard InChI is InChI=1S/C19H25N7O/c1-12-8-14-10-26(19(27)24-17(14)22-12)16-4-2-13(3-5-16)9-25-7-6-15(11-25)23-18(20)21/h2-5,8,10,15,17,22H,6-7,9,11H2,1H3,(H,24,27)(H4,20,21,23). The highest BCUT2D eigenvalue weighted by Gasteiger charge is 2.29. The van der Waals surface area contributed by atoms with Gasteiger partial charge in [0.15, 0.2) is 5.96 Å². The first-order valence-electron chi connectivity index (χ1n) is 9.14. The minimum atomic E-state index is -0.133. The van der Waals surface area contributed by atoms with Crippen molar-refractivity contribution in [2.75, 3.05) is 18.0 Å². The molecule has 3 aliphatic heterocycles. The van der Waals surface area contributed by atoms with Crippen LogP contribution in [0.3, 0.4) is 0 Å². The number of hydrogen-bond acceptors (Lipinski definition) is 4. The SMILES string of the molecule is CC1=CC2=CN(c3ccc(CN4CCC(N=C(N)N)C4)cc3)C(=O)NC2N1. The highest BCUT2D eigenvalue weighted by molar-refractivity contribution is 5.96. The summed E-state index contributed by atoms with van der Waals surface area (Å²) >= 11 is 0. The first-order chi connectivity index (χ1) is 13.0. The fourth-order valence-electron chi connectivity index (χ4n) is 3.80. The number of hydrogen-bond donors (Lipinski definition) is 4. The van der Waals surface area contributed by atoms with Crippen LogP contribution in [0.4, 0.5) is 10.5 Å². The largest absolute Gasteiger partial charge is 0.370 e. The Labute approximate surface area is 158 Å². The number of rotatable bonds is 4. The van der Waals surface area contributed by atoms with E-state index in [1.165, 1.54) is 5.56 Å². The smallest absolute Gasteiger partial charge is 0.327 e. The third-order valence-electron chi connectivity index (χ3n) is 5.05. The van der Waals surface area contributed by atoms with E-state index in [0.717, 1.165) is 43.0 Å². The van der Waals surface area contributed by atoms with Crippen LogP contribution >= 0.6 is 0 Å². The number of urea groups is 1. The summed E-state index contributed by atoms with van der Waals surface area (Å²) < 4.78 is 0. The van der Waals surface area contributed by atoms with Gasteiger partial charge < -0.3 is 22.1 Å². The number of fused-ring (bicyclic) bond motifs is 1. The van der Waals surface area contributed by atoms with Crippen LogP contribution in [0.25, 0.3) is 0 Å². The summed E-state index contributed by atoms with van der Waals surface area (Å²) in [7, 11) is 0. The topological polar surface area (TPSA) is 112 Å². The molecule has 2 unspecified atom stereocenters. The van der Waals surface area contributed by atoms with Crippen LogP contribution < -0.4 is 27.0 Å². The molecule has 0 radical (unpaired) electrons. The van der Waals surface area contributed by atoms with Crippen molar-refractivity contribution in [3.63, 3.8) is 0 Å². The molecular weight excluding hydrogens is 342 g/mol. The number of nitrogens with one attached hydrogen (secondary N) is 2. The molecule has 1 aromatic carbocycles. The number of guanidine groups is 1. The first kappa shape index (κ1) is 17.4. The molecule has 0 aliphatic carbocycles. The van der Waals surface area contributed by atoms with Crippen LogP contribution in [0.2, 0.25) is 0 Å². The number of aliphatic imine (C=N–C) groups is 1. The maximum absolute atomic E-state index is 12.4. The Kier molecular flexibility index (Phi) is 4.49. The second kappa shape index (κ2) is 6.96. The Morgan fingerprint density at radius 3 is 2.78 bits per heavy atom. The zero-order valence-electron chi connectivity index (χ0n) is 15.4. The van der Waals surface area contributed by atoms with Crippen molar-refractivity contribution in [1.82, 2.24) is 15.5 Å². The molecule has 2 amide bonds. The molecule has 1 aromatic rings. The molecule has 1 saturated heterocycles. The first-order valence-corrected chi connectivity index (χ1v) is 9.14. The lowest BCUT2D eigenvalue weighted by Gasteiger charge is -2.29. The number of carbonyl (C=O) groups excluding carboxylic acids is 1. The summed E-state index contributed by atoms with van der Waals surface area (Å²) in [5.41, 5.74) is 15.1. The average molecular weight is 367 g/mol. The van der Waals surface area contributed by atoms with E-state index >= 15 is 0 Å². The number of allylic oxidation sites excluding steroid dienone is 1.